The van der Waals surface area contributed by atoms with E-state index in [1.165, 1.54) is 9.21 Å². The maximum atomic E-state index is 13.4. The molecular formula is C25H32Cl3N3O4S. The summed E-state index contributed by atoms with van der Waals surface area (Å²) in [6, 6.07) is 9.32. The second-order valence-corrected chi connectivity index (χ2v) is 11.6. The lowest BCUT2D eigenvalue weighted by molar-refractivity contribution is -0.141. The van der Waals surface area contributed by atoms with E-state index in [2.05, 4.69) is 5.32 Å². The molecule has 11 heteroatoms. The molecule has 36 heavy (non-hydrogen) atoms. The molecule has 0 saturated carbocycles. The fourth-order valence-corrected chi connectivity index (χ4v) is 5.53. The molecule has 0 aliphatic heterocycles. The number of sulfonamides is 1. The molecule has 0 bridgehead atoms. The molecule has 2 amide bonds. The SMILES string of the molecule is CCNC(=O)[C@H](CC)N(Cc1ccc(Cl)cc1Cl)C(=O)CCCN(c1cc(Cl)ccc1C)S(C)(=O)=O. The maximum Gasteiger partial charge on any atom is 0.242 e. The Kier molecular flexibility index (Phi) is 11.3. The van der Waals surface area contributed by atoms with Crippen molar-refractivity contribution in [2.24, 2.45) is 0 Å². The highest BCUT2D eigenvalue weighted by molar-refractivity contribution is 7.92. The second-order valence-electron chi connectivity index (χ2n) is 8.45. The van der Waals surface area contributed by atoms with Crippen molar-refractivity contribution in [3.05, 3.63) is 62.6 Å². The van der Waals surface area contributed by atoms with Gasteiger partial charge in [-0.2, -0.15) is 0 Å². The quantitative estimate of drug-likeness (QED) is 0.364. The summed E-state index contributed by atoms with van der Waals surface area (Å²) in [6.07, 6.45) is 1.80. The molecular weight excluding hydrogens is 545 g/mol. The number of hydrogen-bond acceptors (Lipinski definition) is 4. The lowest BCUT2D eigenvalue weighted by Gasteiger charge is -2.31. The van der Waals surface area contributed by atoms with Crippen LogP contribution in [-0.2, 0) is 26.2 Å². The van der Waals surface area contributed by atoms with Gasteiger partial charge in [0.25, 0.3) is 0 Å². The van der Waals surface area contributed by atoms with Crippen molar-refractivity contribution in [3.63, 3.8) is 0 Å². The number of nitrogens with zero attached hydrogens (tertiary/aromatic N) is 2. The van der Waals surface area contributed by atoms with Gasteiger partial charge in [0.1, 0.15) is 6.04 Å². The largest absolute Gasteiger partial charge is 0.355 e. The van der Waals surface area contributed by atoms with Crippen LogP contribution < -0.4 is 9.62 Å². The van der Waals surface area contributed by atoms with Gasteiger partial charge >= 0.3 is 0 Å². The number of carbonyl (C=O) groups excluding carboxylic acids is 2. The summed E-state index contributed by atoms with van der Waals surface area (Å²) in [5.74, 6) is -0.541. The van der Waals surface area contributed by atoms with Crippen molar-refractivity contribution in [1.29, 1.82) is 0 Å². The monoisotopic (exact) mass is 575 g/mol. The van der Waals surface area contributed by atoms with E-state index in [1.807, 2.05) is 13.8 Å². The number of amides is 2. The first-order valence-corrected chi connectivity index (χ1v) is 14.6. The standard InChI is InChI=1S/C25H32Cl3N3O4S/c1-5-22(25(33)29-6-2)30(16-18-10-12-19(26)14-21(18)28)24(32)8-7-13-31(36(4,34)35)23-15-20(27)11-9-17(23)3/h9-12,14-15,22H,5-8,13,16H2,1-4H3,(H,29,33)/t22-/m0/s1. The Morgan fingerprint density at radius 1 is 1.03 bits per heavy atom. The third-order valence-electron chi connectivity index (χ3n) is 5.68. The van der Waals surface area contributed by atoms with Crippen molar-refractivity contribution in [1.82, 2.24) is 10.2 Å². The Labute approximate surface area is 228 Å². The third-order valence-corrected chi connectivity index (χ3v) is 7.69. The maximum absolute atomic E-state index is 13.4. The lowest BCUT2D eigenvalue weighted by Crippen LogP contribution is -2.49. The highest BCUT2D eigenvalue weighted by atomic mass is 35.5. The number of nitrogens with one attached hydrogen (secondary N) is 1. The zero-order valence-electron chi connectivity index (χ0n) is 20.9. The molecule has 0 heterocycles. The average Bonchev–Trinajstić information content (AvgIpc) is 2.79. The van der Waals surface area contributed by atoms with Crippen LogP contribution in [0.5, 0.6) is 0 Å². The summed E-state index contributed by atoms with van der Waals surface area (Å²) in [6.45, 7) is 6.07. The van der Waals surface area contributed by atoms with Crippen LogP contribution in [0.1, 0.15) is 44.2 Å². The summed E-state index contributed by atoms with van der Waals surface area (Å²) in [7, 11) is -3.62. The molecule has 0 spiro atoms. The van der Waals surface area contributed by atoms with E-state index in [-0.39, 0.29) is 37.7 Å². The zero-order chi connectivity index (χ0) is 27.0. The number of benzene rings is 2. The van der Waals surface area contributed by atoms with Crippen molar-refractivity contribution in [2.75, 3.05) is 23.7 Å². The van der Waals surface area contributed by atoms with Crippen LogP contribution in [0.2, 0.25) is 15.1 Å². The Morgan fingerprint density at radius 2 is 1.67 bits per heavy atom. The van der Waals surface area contributed by atoms with E-state index in [4.69, 9.17) is 34.8 Å². The van der Waals surface area contributed by atoms with E-state index >= 15 is 0 Å². The number of halogens is 3. The number of rotatable bonds is 12. The first-order chi connectivity index (χ1) is 16.9. The minimum Gasteiger partial charge on any atom is -0.355 e. The molecule has 0 aromatic heterocycles. The van der Waals surface area contributed by atoms with E-state index in [1.54, 1.807) is 43.3 Å². The van der Waals surface area contributed by atoms with Gasteiger partial charge in [-0.3, -0.25) is 13.9 Å². The average molecular weight is 577 g/mol. The Hall–Kier alpha value is -2.00. The van der Waals surface area contributed by atoms with Gasteiger partial charge in [-0.05, 0) is 62.1 Å². The van der Waals surface area contributed by atoms with Gasteiger partial charge in [0.2, 0.25) is 21.8 Å². The van der Waals surface area contributed by atoms with Crippen LogP contribution in [0.25, 0.3) is 0 Å². The van der Waals surface area contributed by atoms with Crippen molar-refractivity contribution >= 4 is 62.3 Å². The summed E-state index contributed by atoms with van der Waals surface area (Å²) >= 11 is 18.5. The number of hydrogen-bond donors (Lipinski definition) is 1. The zero-order valence-corrected chi connectivity index (χ0v) is 23.9. The minimum atomic E-state index is -3.62. The third kappa shape index (κ3) is 8.26. The molecule has 2 aromatic rings. The normalized spacial score (nSPS) is 12.2. The predicted octanol–water partition coefficient (Wildman–Crippen LogP) is 5.44. The summed E-state index contributed by atoms with van der Waals surface area (Å²) in [5.41, 5.74) is 1.87. The fourth-order valence-electron chi connectivity index (χ4n) is 3.88. The van der Waals surface area contributed by atoms with E-state index in [9.17, 15) is 18.0 Å². The molecule has 0 saturated heterocycles. The van der Waals surface area contributed by atoms with Crippen LogP contribution in [0, 0.1) is 6.92 Å². The van der Waals surface area contributed by atoms with Crippen LogP contribution in [0.4, 0.5) is 5.69 Å². The van der Waals surface area contributed by atoms with Crippen LogP contribution in [0.3, 0.4) is 0 Å². The van der Waals surface area contributed by atoms with E-state index < -0.39 is 16.1 Å². The highest BCUT2D eigenvalue weighted by Gasteiger charge is 2.29. The van der Waals surface area contributed by atoms with Crippen LogP contribution in [-0.4, -0.2) is 50.5 Å². The first-order valence-electron chi connectivity index (χ1n) is 11.6. The minimum absolute atomic E-state index is 0.0345. The smallest absolute Gasteiger partial charge is 0.242 e. The van der Waals surface area contributed by atoms with Gasteiger partial charge in [0, 0.05) is 41.1 Å². The highest BCUT2D eigenvalue weighted by Crippen LogP contribution is 2.27. The molecule has 1 atom stereocenters. The molecule has 0 aliphatic rings. The summed E-state index contributed by atoms with van der Waals surface area (Å²) in [5, 5.41) is 4.06. The van der Waals surface area contributed by atoms with E-state index in [0.29, 0.717) is 39.3 Å². The predicted molar refractivity (Wildman–Crippen MR) is 147 cm³/mol. The van der Waals surface area contributed by atoms with Gasteiger partial charge < -0.3 is 10.2 Å². The fraction of sp³-hybridized carbons (Fsp3) is 0.440. The first kappa shape index (κ1) is 30.2. The number of aryl methyl sites for hydroxylation is 1. The summed E-state index contributed by atoms with van der Waals surface area (Å²) < 4.78 is 26.3. The van der Waals surface area contributed by atoms with E-state index in [0.717, 1.165) is 11.8 Å². The van der Waals surface area contributed by atoms with Gasteiger partial charge in [-0.15, -0.1) is 0 Å². The molecule has 0 unspecified atom stereocenters. The molecule has 1 N–H and O–H groups in total. The molecule has 2 rings (SSSR count). The van der Waals surface area contributed by atoms with Gasteiger partial charge in [-0.25, -0.2) is 8.42 Å². The topological polar surface area (TPSA) is 86.8 Å². The molecule has 7 nitrogen and oxygen atoms in total. The van der Waals surface area contributed by atoms with Crippen molar-refractivity contribution in [2.45, 2.75) is 52.6 Å². The molecule has 0 aliphatic carbocycles. The van der Waals surface area contributed by atoms with Crippen LogP contribution >= 0.6 is 34.8 Å². The summed E-state index contributed by atoms with van der Waals surface area (Å²) in [4.78, 5) is 27.7. The van der Waals surface area contributed by atoms with Crippen molar-refractivity contribution in [3.8, 4) is 0 Å². The molecule has 0 radical (unpaired) electrons. The van der Waals surface area contributed by atoms with Gasteiger partial charge in [0.05, 0.1) is 11.9 Å². The van der Waals surface area contributed by atoms with Crippen molar-refractivity contribution < 1.29 is 18.0 Å². The molecule has 0 fully saturated rings. The molecule has 2 aromatic carbocycles. The Bertz CT molecular complexity index is 1190. The molecule has 198 valence electrons. The number of anilines is 1. The lowest BCUT2D eigenvalue weighted by atomic mass is 10.1. The second kappa shape index (κ2) is 13.5. The van der Waals surface area contributed by atoms with Gasteiger partial charge in [-0.1, -0.05) is 53.9 Å². The van der Waals surface area contributed by atoms with Gasteiger partial charge in [0.15, 0.2) is 0 Å². The van der Waals surface area contributed by atoms with Crippen LogP contribution in [0.15, 0.2) is 36.4 Å². The number of carbonyl (C=O) groups is 2. The number of likely N-dealkylation sites (N-methyl/N-ethyl adjacent to an activating group) is 1. The Balaban J connectivity index is 2.27. The Morgan fingerprint density at radius 3 is 2.25 bits per heavy atom.